The predicted molar refractivity (Wildman–Crippen MR) is 71.8 cm³/mol. The van der Waals surface area contributed by atoms with E-state index in [0.29, 0.717) is 12.1 Å². The first-order valence-electron chi connectivity index (χ1n) is 7.03. The molecule has 2 heteroatoms. The van der Waals surface area contributed by atoms with Crippen molar-refractivity contribution in [3.63, 3.8) is 0 Å². The van der Waals surface area contributed by atoms with E-state index in [4.69, 9.17) is 0 Å². The van der Waals surface area contributed by atoms with Gasteiger partial charge in [-0.15, -0.1) is 0 Å². The molecule has 1 saturated heterocycles. The summed E-state index contributed by atoms with van der Waals surface area (Å²) in [5, 5.41) is 3.79. The van der Waals surface area contributed by atoms with Crippen molar-refractivity contribution in [2.75, 3.05) is 13.1 Å². The van der Waals surface area contributed by atoms with Crippen molar-refractivity contribution in [3.05, 3.63) is 0 Å². The molecule has 1 aliphatic heterocycles. The van der Waals surface area contributed by atoms with Crippen LogP contribution in [0.4, 0.5) is 0 Å². The molecule has 3 unspecified atom stereocenters. The largest absolute Gasteiger partial charge is 0.310 e. The van der Waals surface area contributed by atoms with Gasteiger partial charge in [-0.2, -0.15) is 0 Å². The summed E-state index contributed by atoms with van der Waals surface area (Å²) in [6.45, 7) is 14.1. The van der Waals surface area contributed by atoms with E-state index < -0.39 is 0 Å². The Kier molecular flexibility index (Phi) is 5.77. The van der Waals surface area contributed by atoms with E-state index in [2.05, 4.69) is 44.8 Å². The van der Waals surface area contributed by atoms with Crippen LogP contribution in [0.25, 0.3) is 0 Å². The first-order chi connectivity index (χ1) is 7.52. The van der Waals surface area contributed by atoms with Crippen molar-refractivity contribution in [1.29, 1.82) is 0 Å². The van der Waals surface area contributed by atoms with Crippen LogP contribution < -0.4 is 5.32 Å². The molecular formula is C14H30N2. The molecule has 0 aliphatic carbocycles. The smallest absolute Gasteiger partial charge is 0.0209 e. The molecule has 0 radical (unpaired) electrons. The SMILES string of the molecule is CCC(C)CC(C)NC1CCN(C(C)C)C1. The van der Waals surface area contributed by atoms with E-state index in [0.717, 1.165) is 12.0 Å². The van der Waals surface area contributed by atoms with E-state index in [1.807, 2.05) is 0 Å². The number of nitrogens with one attached hydrogen (secondary N) is 1. The molecular weight excluding hydrogens is 196 g/mol. The highest BCUT2D eigenvalue weighted by atomic mass is 15.2. The van der Waals surface area contributed by atoms with E-state index in [1.165, 1.54) is 32.4 Å². The second-order valence-corrected chi connectivity index (χ2v) is 5.89. The van der Waals surface area contributed by atoms with Gasteiger partial charge in [-0.3, -0.25) is 4.90 Å². The van der Waals surface area contributed by atoms with Gasteiger partial charge in [-0.05, 0) is 46.1 Å². The van der Waals surface area contributed by atoms with Crippen molar-refractivity contribution >= 4 is 0 Å². The Morgan fingerprint density at radius 1 is 1.25 bits per heavy atom. The van der Waals surface area contributed by atoms with Crippen molar-refractivity contribution in [3.8, 4) is 0 Å². The quantitative estimate of drug-likeness (QED) is 0.749. The summed E-state index contributed by atoms with van der Waals surface area (Å²) in [6.07, 6.45) is 3.94. The van der Waals surface area contributed by atoms with Crippen molar-refractivity contribution < 1.29 is 0 Å². The van der Waals surface area contributed by atoms with E-state index in [9.17, 15) is 0 Å². The second kappa shape index (κ2) is 6.61. The summed E-state index contributed by atoms with van der Waals surface area (Å²) >= 11 is 0. The number of nitrogens with zero attached hydrogens (tertiary/aromatic N) is 1. The average molecular weight is 226 g/mol. The predicted octanol–water partition coefficient (Wildman–Crippen LogP) is 2.88. The molecule has 0 saturated carbocycles. The van der Waals surface area contributed by atoms with Crippen molar-refractivity contribution in [2.24, 2.45) is 5.92 Å². The van der Waals surface area contributed by atoms with Crippen LogP contribution in [0.15, 0.2) is 0 Å². The normalized spacial score (nSPS) is 26.2. The molecule has 0 aromatic heterocycles. The topological polar surface area (TPSA) is 15.3 Å². The number of hydrogen-bond donors (Lipinski definition) is 1. The molecule has 0 spiro atoms. The van der Waals surface area contributed by atoms with Crippen LogP contribution in [-0.2, 0) is 0 Å². The first kappa shape index (κ1) is 14.0. The van der Waals surface area contributed by atoms with Gasteiger partial charge >= 0.3 is 0 Å². The molecule has 3 atom stereocenters. The lowest BCUT2D eigenvalue weighted by atomic mass is 10.00. The van der Waals surface area contributed by atoms with Gasteiger partial charge in [0, 0.05) is 24.7 Å². The van der Waals surface area contributed by atoms with E-state index >= 15 is 0 Å². The van der Waals surface area contributed by atoms with Gasteiger partial charge < -0.3 is 5.32 Å². The number of likely N-dealkylation sites (tertiary alicyclic amines) is 1. The zero-order valence-corrected chi connectivity index (χ0v) is 11.8. The maximum Gasteiger partial charge on any atom is 0.0209 e. The van der Waals surface area contributed by atoms with Crippen molar-refractivity contribution in [2.45, 2.75) is 72.0 Å². The van der Waals surface area contributed by atoms with Crippen LogP contribution in [0.5, 0.6) is 0 Å². The molecule has 96 valence electrons. The Morgan fingerprint density at radius 3 is 2.44 bits per heavy atom. The number of hydrogen-bond acceptors (Lipinski definition) is 2. The average Bonchev–Trinajstić information content (AvgIpc) is 2.65. The highest BCUT2D eigenvalue weighted by Crippen LogP contribution is 2.15. The fourth-order valence-electron chi connectivity index (χ4n) is 2.63. The molecule has 0 aromatic rings. The zero-order valence-electron chi connectivity index (χ0n) is 11.8. The third kappa shape index (κ3) is 4.42. The molecule has 1 rings (SSSR count). The molecule has 2 nitrogen and oxygen atoms in total. The van der Waals surface area contributed by atoms with Gasteiger partial charge in [0.05, 0.1) is 0 Å². The van der Waals surface area contributed by atoms with Gasteiger partial charge in [-0.25, -0.2) is 0 Å². The van der Waals surface area contributed by atoms with Crippen LogP contribution >= 0.6 is 0 Å². The van der Waals surface area contributed by atoms with Gasteiger partial charge in [0.1, 0.15) is 0 Å². The molecule has 1 heterocycles. The maximum absolute atomic E-state index is 3.79. The molecule has 1 aliphatic rings. The van der Waals surface area contributed by atoms with Crippen LogP contribution in [-0.4, -0.2) is 36.1 Å². The number of rotatable bonds is 6. The fraction of sp³-hybridized carbons (Fsp3) is 1.00. The van der Waals surface area contributed by atoms with Crippen molar-refractivity contribution in [1.82, 2.24) is 10.2 Å². The molecule has 0 bridgehead atoms. The van der Waals surface area contributed by atoms with Crippen LogP contribution in [0.2, 0.25) is 0 Å². The Balaban J connectivity index is 2.23. The maximum atomic E-state index is 3.79. The lowest BCUT2D eigenvalue weighted by Crippen LogP contribution is -2.40. The van der Waals surface area contributed by atoms with Crippen LogP contribution in [0.1, 0.15) is 53.9 Å². The van der Waals surface area contributed by atoms with Gasteiger partial charge in [-0.1, -0.05) is 20.3 Å². The Hall–Kier alpha value is -0.0800. The summed E-state index contributed by atoms with van der Waals surface area (Å²) < 4.78 is 0. The lowest BCUT2D eigenvalue weighted by Gasteiger charge is -2.24. The minimum absolute atomic E-state index is 0.673. The lowest BCUT2D eigenvalue weighted by molar-refractivity contribution is 0.263. The van der Waals surface area contributed by atoms with Gasteiger partial charge in [0.2, 0.25) is 0 Å². The Labute approximate surface area is 102 Å². The zero-order chi connectivity index (χ0) is 12.1. The summed E-state index contributed by atoms with van der Waals surface area (Å²) in [5.74, 6) is 0.852. The first-order valence-corrected chi connectivity index (χ1v) is 7.03. The summed E-state index contributed by atoms with van der Waals surface area (Å²) in [4.78, 5) is 2.58. The Bertz CT molecular complexity index is 191. The summed E-state index contributed by atoms with van der Waals surface area (Å²) in [5.41, 5.74) is 0. The summed E-state index contributed by atoms with van der Waals surface area (Å²) in [7, 11) is 0. The fourth-order valence-corrected chi connectivity index (χ4v) is 2.63. The molecule has 1 fully saturated rings. The molecule has 0 amide bonds. The standard InChI is InChI=1S/C14H30N2/c1-6-12(4)9-13(5)15-14-7-8-16(10-14)11(2)3/h11-15H,6-10H2,1-5H3. The van der Waals surface area contributed by atoms with Gasteiger partial charge in [0.15, 0.2) is 0 Å². The van der Waals surface area contributed by atoms with Gasteiger partial charge in [0.25, 0.3) is 0 Å². The second-order valence-electron chi connectivity index (χ2n) is 5.89. The minimum atomic E-state index is 0.673. The molecule has 0 aromatic carbocycles. The summed E-state index contributed by atoms with van der Waals surface area (Å²) in [6, 6.07) is 2.10. The molecule has 16 heavy (non-hydrogen) atoms. The third-order valence-corrected chi connectivity index (χ3v) is 3.92. The van der Waals surface area contributed by atoms with Crippen LogP contribution in [0, 0.1) is 5.92 Å². The highest BCUT2D eigenvalue weighted by molar-refractivity contribution is 4.84. The Morgan fingerprint density at radius 2 is 1.94 bits per heavy atom. The highest BCUT2D eigenvalue weighted by Gasteiger charge is 2.25. The minimum Gasteiger partial charge on any atom is -0.310 e. The molecule has 1 N–H and O–H groups in total. The van der Waals surface area contributed by atoms with Crippen LogP contribution in [0.3, 0.4) is 0 Å². The van der Waals surface area contributed by atoms with E-state index in [1.54, 1.807) is 0 Å². The third-order valence-electron chi connectivity index (χ3n) is 3.92. The van der Waals surface area contributed by atoms with E-state index in [-0.39, 0.29) is 0 Å². The monoisotopic (exact) mass is 226 g/mol.